The van der Waals surface area contributed by atoms with Gasteiger partial charge in [-0.2, -0.15) is 5.26 Å². The zero-order chi connectivity index (χ0) is 13.1. The molecule has 0 unspecified atom stereocenters. The quantitative estimate of drug-likeness (QED) is 0.656. The van der Waals surface area contributed by atoms with Crippen LogP contribution in [0.1, 0.15) is 11.6 Å². The molecule has 0 atom stereocenters. The molecule has 0 fully saturated rings. The van der Waals surface area contributed by atoms with E-state index in [0.717, 1.165) is 0 Å². The van der Waals surface area contributed by atoms with Crippen LogP contribution < -0.4 is 5.32 Å². The van der Waals surface area contributed by atoms with Gasteiger partial charge in [0, 0.05) is 24.7 Å². The minimum Gasteiger partial charge on any atom is -0.424 e. The molecule has 7 heteroatoms. The molecular formula is C11H8N4O3. The second-order valence-electron chi connectivity index (χ2n) is 3.45. The summed E-state index contributed by atoms with van der Waals surface area (Å²) in [7, 11) is 0. The number of nitro groups is 1. The highest BCUT2D eigenvalue weighted by molar-refractivity contribution is 5.60. The van der Waals surface area contributed by atoms with Crippen molar-refractivity contribution in [2.75, 3.05) is 5.32 Å². The second kappa shape index (κ2) is 4.55. The van der Waals surface area contributed by atoms with Crippen LogP contribution in [-0.4, -0.2) is 9.91 Å². The lowest BCUT2D eigenvalue weighted by molar-refractivity contribution is -0.384. The van der Waals surface area contributed by atoms with E-state index in [4.69, 9.17) is 9.68 Å². The van der Waals surface area contributed by atoms with Gasteiger partial charge in [-0.25, -0.2) is 4.98 Å². The minimum absolute atomic E-state index is 0.00481. The van der Waals surface area contributed by atoms with Gasteiger partial charge >= 0.3 is 0 Å². The molecule has 0 saturated carbocycles. The van der Waals surface area contributed by atoms with Crippen molar-refractivity contribution < 1.29 is 9.34 Å². The van der Waals surface area contributed by atoms with Gasteiger partial charge in [-0.3, -0.25) is 10.1 Å². The molecule has 1 N–H and O–H groups in total. The molecule has 0 aliphatic heterocycles. The number of aromatic nitrogens is 1. The average Bonchev–Trinajstić information content (AvgIpc) is 2.70. The number of nitriles is 1. The van der Waals surface area contributed by atoms with Crippen LogP contribution in [0, 0.1) is 28.4 Å². The lowest BCUT2D eigenvalue weighted by Gasteiger charge is -2.01. The van der Waals surface area contributed by atoms with Crippen LogP contribution >= 0.6 is 0 Å². The van der Waals surface area contributed by atoms with Crippen LogP contribution in [0.15, 0.2) is 28.7 Å². The van der Waals surface area contributed by atoms with Crippen LogP contribution in [0.2, 0.25) is 0 Å². The van der Waals surface area contributed by atoms with Gasteiger partial charge in [0.2, 0.25) is 11.6 Å². The van der Waals surface area contributed by atoms with E-state index in [0.29, 0.717) is 11.6 Å². The molecule has 0 bridgehead atoms. The van der Waals surface area contributed by atoms with Crippen molar-refractivity contribution in [1.82, 2.24) is 4.98 Å². The second-order valence-corrected chi connectivity index (χ2v) is 3.45. The zero-order valence-electron chi connectivity index (χ0n) is 9.38. The summed E-state index contributed by atoms with van der Waals surface area (Å²) >= 11 is 0. The number of hydrogen-bond donors (Lipinski definition) is 1. The fourth-order valence-electron chi connectivity index (χ4n) is 1.39. The van der Waals surface area contributed by atoms with Crippen LogP contribution in [0.3, 0.4) is 0 Å². The summed E-state index contributed by atoms with van der Waals surface area (Å²) < 4.78 is 5.21. The Morgan fingerprint density at radius 1 is 1.44 bits per heavy atom. The molecule has 2 aromatic rings. The molecule has 0 aliphatic rings. The number of non-ortho nitro benzene ring substituents is 1. The van der Waals surface area contributed by atoms with E-state index < -0.39 is 4.92 Å². The lowest BCUT2D eigenvalue weighted by atomic mass is 10.3. The number of rotatable bonds is 3. The van der Waals surface area contributed by atoms with E-state index >= 15 is 0 Å². The van der Waals surface area contributed by atoms with Crippen molar-refractivity contribution in [2.24, 2.45) is 0 Å². The number of nitrogens with one attached hydrogen (secondary N) is 1. The van der Waals surface area contributed by atoms with Gasteiger partial charge in [-0.15, -0.1) is 0 Å². The Hall–Kier alpha value is -2.88. The molecular weight excluding hydrogens is 236 g/mol. The third-order valence-electron chi connectivity index (χ3n) is 2.18. The van der Waals surface area contributed by atoms with Crippen LogP contribution in [0.5, 0.6) is 0 Å². The average molecular weight is 244 g/mol. The first-order valence-electron chi connectivity index (χ1n) is 4.99. The smallest absolute Gasteiger partial charge is 0.269 e. The molecule has 0 radical (unpaired) electrons. The largest absolute Gasteiger partial charge is 0.424 e. The van der Waals surface area contributed by atoms with Crippen LogP contribution in [-0.2, 0) is 0 Å². The Balaban J connectivity index is 2.24. The molecule has 0 spiro atoms. The number of aryl methyl sites for hydroxylation is 1. The highest BCUT2D eigenvalue weighted by Gasteiger charge is 2.11. The highest BCUT2D eigenvalue weighted by Crippen LogP contribution is 2.23. The number of nitro benzene ring substituents is 1. The topological polar surface area (TPSA) is 105 Å². The van der Waals surface area contributed by atoms with Gasteiger partial charge in [0.25, 0.3) is 5.69 Å². The molecule has 0 saturated heterocycles. The highest BCUT2D eigenvalue weighted by atomic mass is 16.6. The first kappa shape index (κ1) is 11.6. The Kier molecular flexibility index (Phi) is 2.93. The number of anilines is 2. The van der Waals surface area contributed by atoms with Crippen molar-refractivity contribution >= 4 is 17.3 Å². The van der Waals surface area contributed by atoms with Crippen molar-refractivity contribution in [3.05, 3.63) is 46.0 Å². The molecule has 1 aromatic carbocycles. The number of nitrogens with zero attached hydrogens (tertiary/aromatic N) is 3. The first-order valence-corrected chi connectivity index (χ1v) is 4.99. The number of hydrogen-bond acceptors (Lipinski definition) is 6. The predicted molar refractivity (Wildman–Crippen MR) is 62.3 cm³/mol. The number of benzene rings is 1. The van der Waals surface area contributed by atoms with E-state index in [-0.39, 0.29) is 17.3 Å². The predicted octanol–water partition coefficient (Wildman–Crippen LogP) is 2.51. The maximum Gasteiger partial charge on any atom is 0.269 e. The Morgan fingerprint density at radius 3 is 2.67 bits per heavy atom. The van der Waals surface area contributed by atoms with E-state index in [1.54, 1.807) is 6.92 Å². The fourth-order valence-corrected chi connectivity index (χ4v) is 1.39. The third kappa shape index (κ3) is 2.27. The first-order chi connectivity index (χ1) is 8.60. The van der Waals surface area contributed by atoms with Crippen molar-refractivity contribution in [1.29, 1.82) is 5.26 Å². The minimum atomic E-state index is -0.483. The van der Waals surface area contributed by atoms with Crippen molar-refractivity contribution in [2.45, 2.75) is 6.92 Å². The van der Waals surface area contributed by atoms with Crippen molar-refractivity contribution in [3.63, 3.8) is 0 Å². The van der Waals surface area contributed by atoms with Gasteiger partial charge in [-0.05, 0) is 12.1 Å². The van der Waals surface area contributed by atoms with E-state index in [1.807, 2.05) is 6.07 Å². The summed E-state index contributed by atoms with van der Waals surface area (Å²) in [4.78, 5) is 13.9. The van der Waals surface area contributed by atoms with Gasteiger partial charge < -0.3 is 9.73 Å². The lowest BCUT2D eigenvalue weighted by Crippen LogP contribution is -1.92. The summed E-state index contributed by atoms with van der Waals surface area (Å²) in [5.41, 5.74) is 0.717. The molecule has 0 aliphatic carbocycles. The standard InChI is InChI=1S/C11H8N4O3/c1-7-13-10(6-12)11(18-7)14-8-2-4-9(5-3-8)15(16)17/h2-5,14H,1H3. The Labute approximate surface area is 102 Å². The molecule has 90 valence electrons. The van der Waals surface area contributed by atoms with Crippen molar-refractivity contribution in [3.8, 4) is 6.07 Å². The van der Waals surface area contributed by atoms with Gasteiger partial charge in [0.1, 0.15) is 6.07 Å². The van der Waals surface area contributed by atoms with Gasteiger partial charge in [0.05, 0.1) is 4.92 Å². The monoisotopic (exact) mass is 244 g/mol. The Morgan fingerprint density at radius 2 is 2.11 bits per heavy atom. The summed E-state index contributed by atoms with van der Waals surface area (Å²) in [6.07, 6.45) is 0. The number of oxazole rings is 1. The summed E-state index contributed by atoms with van der Waals surface area (Å²) in [6.45, 7) is 1.63. The van der Waals surface area contributed by atoms with Crippen LogP contribution in [0.25, 0.3) is 0 Å². The maximum absolute atomic E-state index is 10.5. The van der Waals surface area contributed by atoms with Crippen LogP contribution in [0.4, 0.5) is 17.3 Å². The summed E-state index contributed by atoms with van der Waals surface area (Å²) in [5, 5.41) is 22.1. The summed E-state index contributed by atoms with van der Waals surface area (Å²) in [6, 6.07) is 7.66. The zero-order valence-corrected chi connectivity index (χ0v) is 9.38. The summed E-state index contributed by atoms with van der Waals surface area (Å²) in [5.74, 6) is 0.597. The van der Waals surface area contributed by atoms with Gasteiger partial charge in [-0.1, -0.05) is 0 Å². The SMILES string of the molecule is Cc1nc(C#N)c(Nc2ccc([N+](=O)[O-])cc2)o1. The molecule has 18 heavy (non-hydrogen) atoms. The normalized spacial score (nSPS) is 9.78. The molecule has 2 rings (SSSR count). The van der Waals surface area contributed by atoms with E-state index in [2.05, 4.69) is 10.3 Å². The molecule has 1 heterocycles. The third-order valence-corrected chi connectivity index (χ3v) is 2.18. The molecule has 0 amide bonds. The molecule has 7 nitrogen and oxygen atoms in total. The van der Waals surface area contributed by atoms with E-state index in [1.165, 1.54) is 24.3 Å². The molecule has 1 aromatic heterocycles. The maximum atomic E-state index is 10.5. The fraction of sp³-hybridized carbons (Fsp3) is 0.0909. The van der Waals surface area contributed by atoms with E-state index in [9.17, 15) is 10.1 Å². The van der Waals surface area contributed by atoms with Gasteiger partial charge in [0.15, 0.2) is 5.89 Å². The Bertz CT molecular complexity index is 625.